The summed E-state index contributed by atoms with van der Waals surface area (Å²) >= 11 is 0. The first-order valence-corrected chi connectivity index (χ1v) is 10.5. The number of aromatic nitrogens is 1. The van der Waals surface area contributed by atoms with E-state index >= 15 is 0 Å². The normalized spacial score (nSPS) is 10.7. The topological polar surface area (TPSA) is 37.3 Å². The summed E-state index contributed by atoms with van der Waals surface area (Å²) in [7, 11) is 0. The molecule has 0 atom stereocenters. The van der Waals surface area contributed by atoms with E-state index in [0.29, 0.717) is 13.1 Å². The van der Waals surface area contributed by atoms with Crippen LogP contribution in [0.1, 0.15) is 16.8 Å². The lowest BCUT2D eigenvalue weighted by Crippen LogP contribution is -2.35. The Kier molecular flexibility index (Phi) is 6.18. The van der Waals surface area contributed by atoms with Gasteiger partial charge < -0.3 is 14.8 Å². The molecule has 0 unspecified atom stereocenters. The molecule has 0 saturated heterocycles. The Morgan fingerprint density at radius 3 is 2.68 bits per heavy atom. The second-order valence-corrected chi connectivity index (χ2v) is 7.74. The Bertz CT molecular complexity index is 1200. The van der Waals surface area contributed by atoms with Gasteiger partial charge in [-0.1, -0.05) is 72.3 Å². The molecule has 0 aliphatic heterocycles. The lowest BCUT2D eigenvalue weighted by atomic mass is 10.1. The first-order chi connectivity index (χ1) is 15.1. The fraction of sp³-hybridized carbons (Fsp3) is 0.148. The van der Waals surface area contributed by atoms with Gasteiger partial charge in [-0.05, 0) is 36.1 Å². The van der Waals surface area contributed by atoms with Crippen LogP contribution in [0.15, 0.2) is 97.7 Å². The number of aryl methyl sites for hydroxylation is 1. The molecule has 1 heterocycles. The zero-order valence-corrected chi connectivity index (χ0v) is 17.8. The Labute approximate surface area is 183 Å². The van der Waals surface area contributed by atoms with E-state index in [4.69, 9.17) is 0 Å². The average Bonchev–Trinajstić information content (AvgIpc) is 3.20. The van der Waals surface area contributed by atoms with Gasteiger partial charge in [-0.25, -0.2) is 4.79 Å². The molecule has 1 aromatic heterocycles. The van der Waals surface area contributed by atoms with Gasteiger partial charge in [0.15, 0.2) is 0 Å². The molecule has 31 heavy (non-hydrogen) atoms. The lowest BCUT2D eigenvalue weighted by molar-refractivity contribution is 0.214. The van der Waals surface area contributed by atoms with E-state index in [9.17, 15) is 4.79 Å². The summed E-state index contributed by atoms with van der Waals surface area (Å²) in [4.78, 5) is 14.9. The maximum absolute atomic E-state index is 13.1. The van der Waals surface area contributed by atoms with Gasteiger partial charge in [0.05, 0.1) is 12.2 Å². The zero-order valence-electron chi connectivity index (χ0n) is 17.8. The fourth-order valence-corrected chi connectivity index (χ4v) is 3.85. The second kappa shape index (κ2) is 9.35. The van der Waals surface area contributed by atoms with Crippen molar-refractivity contribution < 1.29 is 4.79 Å². The van der Waals surface area contributed by atoms with Gasteiger partial charge in [0.25, 0.3) is 0 Å². The van der Waals surface area contributed by atoms with Crippen LogP contribution in [0.3, 0.4) is 0 Å². The molecule has 0 aliphatic carbocycles. The third-order valence-electron chi connectivity index (χ3n) is 5.38. The average molecular weight is 410 g/mol. The number of hydrogen-bond donors (Lipinski definition) is 1. The van der Waals surface area contributed by atoms with Crippen molar-refractivity contribution in [2.45, 2.75) is 20.0 Å². The predicted molar refractivity (Wildman–Crippen MR) is 128 cm³/mol. The van der Waals surface area contributed by atoms with E-state index in [1.807, 2.05) is 48.5 Å². The quantitative estimate of drug-likeness (QED) is 0.362. The molecule has 0 aliphatic rings. The number of rotatable bonds is 7. The van der Waals surface area contributed by atoms with Gasteiger partial charge in [0, 0.05) is 30.4 Å². The summed E-state index contributed by atoms with van der Waals surface area (Å²) in [6.07, 6.45) is 3.82. The number of carbonyl (C=O) groups is 1. The van der Waals surface area contributed by atoms with Crippen molar-refractivity contribution in [3.8, 4) is 0 Å². The second-order valence-electron chi connectivity index (χ2n) is 7.74. The first kappa shape index (κ1) is 20.5. The Balaban J connectivity index is 1.52. The standard InChI is InChI=1S/C27H27N3O/c1-3-16-30(27(31)28-26-15-7-12-23-11-4-5-14-25(23)26)20-24-13-8-17-29(24)19-22-10-6-9-21(2)18-22/h3-15,17-18H,1,16,19-20H2,2H3,(H,28,31). The summed E-state index contributed by atoms with van der Waals surface area (Å²) in [5.41, 5.74) is 4.38. The van der Waals surface area contributed by atoms with E-state index in [1.165, 1.54) is 11.1 Å². The van der Waals surface area contributed by atoms with Crippen LogP contribution in [0, 0.1) is 6.92 Å². The molecule has 3 aromatic carbocycles. The summed E-state index contributed by atoms with van der Waals surface area (Å²) < 4.78 is 2.19. The molecule has 4 rings (SSSR count). The number of amides is 2. The van der Waals surface area contributed by atoms with Crippen molar-refractivity contribution in [3.63, 3.8) is 0 Å². The molecule has 0 saturated carbocycles. The molecule has 4 nitrogen and oxygen atoms in total. The molecular weight excluding hydrogens is 382 g/mol. The van der Waals surface area contributed by atoms with E-state index in [0.717, 1.165) is 28.7 Å². The molecule has 2 amide bonds. The molecular formula is C27H27N3O. The highest BCUT2D eigenvalue weighted by molar-refractivity contribution is 6.01. The number of benzene rings is 3. The highest BCUT2D eigenvalue weighted by Gasteiger charge is 2.16. The largest absolute Gasteiger partial charge is 0.345 e. The minimum atomic E-state index is -0.139. The minimum Gasteiger partial charge on any atom is -0.345 e. The van der Waals surface area contributed by atoms with Crippen LogP contribution < -0.4 is 5.32 Å². The Morgan fingerprint density at radius 1 is 1.03 bits per heavy atom. The maximum Gasteiger partial charge on any atom is 0.322 e. The number of anilines is 1. The molecule has 4 aromatic rings. The minimum absolute atomic E-state index is 0.139. The molecule has 1 N–H and O–H groups in total. The summed E-state index contributed by atoms with van der Waals surface area (Å²) in [5.74, 6) is 0. The SMILES string of the molecule is C=CCN(Cc1cccn1Cc1cccc(C)c1)C(=O)Nc1cccc2ccccc12. The van der Waals surface area contributed by atoms with Crippen LogP contribution in [0.4, 0.5) is 10.5 Å². The molecule has 0 spiro atoms. The monoisotopic (exact) mass is 409 g/mol. The van der Waals surface area contributed by atoms with Crippen LogP contribution in [-0.4, -0.2) is 22.0 Å². The first-order valence-electron chi connectivity index (χ1n) is 10.5. The van der Waals surface area contributed by atoms with Gasteiger partial charge in [0.1, 0.15) is 0 Å². The molecule has 0 bridgehead atoms. The van der Waals surface area contributed by atoms with E-state index in [-0.39, 0.29) is 6.03 Å². The highest BCUT2D eigenvalue weighted by atomic mass is 16.2. The smallest absolute Gasteiger partial charge is 0.322 e. The summed E-state index contributed by atoms with van der Waals surface area (Å²) in [5, 5.41) is 5.22. The fourth-order valence-electron chi connectivity index (χ4n) is 3.85. The van der Waals surface area contributed by atoms with Gasteiger partial charge in [-0.3, -0.25) is 0 Å². The van der Waals surface area contributed by atoms with Crippen LogP contribution in [-0.2, 0) is 13.1 Å². The number of urea groups is 1. The zero-order chi connectivity index (χ0) is 21.6. The Hall–Kier alpha value is -3.79. The van der Waals surface area contributed by atoms with Crippen molar-refractivity contribution in [2.24, 2.45) is 0 Å². The van der Waals surface area contributed by atoms with Crippen LogP contribution >= 0.6 is 0 Å². The highest BCUT2D eigenvalue weighted by Crippen LogP contribution is 2.23. The maximum atomic E-state index is 13.1. The molecule has 0 radical (unpaired) electrons. The van der Waals surface area contributed by atoms with Crippen LogP contribution in [0.25, 0.3) is 10.8 Å². The van der Waals surface area contributed by atoms with Crippen molar-refractivity contribution in [1.82, 2.24) is 9.47 Å². The van der Waals surface area contributed by atoms with Crippen LogP contribution in [0.2, 0.25) is 0 Å². The van der Waals surface area contributed by atoms with Gasteiger partial charge in [-0.15, -0.1) is 6.58 Å². The molecule has 156 valence electrons. The molecule has 0 fully saturated rings. The van der Waals surface area contributed by atoms with Crippen molar-refractivity contribution in [1.29, 1.82) is 0 Å². The number of fused-ring (bicyclic) bond motifs is 1. The van der Waals surface area contributed by atoms with E-state index in [2.05, 4.69) is 59.9 Å². The summed E-state index contributed by atoms with van der Waals surface area (Å²) in [6.45, 7) is 7.68. The Morgan fingerprint density at radius 2 is 1.84 bits per heavy atom. The number of carbonyl (C=O) groups excluding carboxylic acids is 1. The van der Waals surface area contributed by atoms with Crippen molar-refractivity contribution in [2.75, 3.05) is 11.9 Å². The number of nitrogens with zero attached hydrogens (tertiary/aromatic N) is 2. The predicted octanol–water partition coefficient (Wildman–Crippen LogP) is 6.22. The lowest BCUT2D eigenvalue weighted by Gasteiger charge is -2.23. The number of nitrogens with one attached hydrogen (secondary N) is 1. The third kappa shape index (κ3) is 4.86. The van der Waals surface area contributed by atoms with Crippen molar-refractivity contribution in [3.05, 3.63) is 115 Å². The van der Waals surface area contributed by atoms with Gasteiger partial charge in [-0.2, -0.15) is 0 Å². The van der Waals surface area contributed by atoms with E-state index in [1.54, 1.807) is 11.0 Å². The van der Waals surface area contributed by atoms with E-state index < -0.39 is 0 Å². The van der Waals surface area contributed by atoms with Gasteiger partial charge >= 0.3 is 6.03 Å². The molecule has 4 heteroatoms. The van der Waals surface area contributed by atoms with Crippen molar-refractivity contribution >= 4 is 22.5 Å². The number of hydrogen-bond acceptors (Lipinski definition) is 1. The summed E-state index contributed by atoms with van der Waals surface area (Å²) in [6, 6.07) is 26.5. The van der Waals surface area contributed by atoms with Gasteiger partial charge in [0.2, 0.25) is 0 Å². The van der Waals surface area contributed by atoms with Crippen LogP contribution in [0.5, 0.6) is 0 Å². The third-order valence-corrected chi connectivity index (χ3v) is 5.38.